The van der Waals surface area contributed by atoms with Gasteiger partial charge in [0.15, 0.2) is 0 Å². The number of carbonyl (C=O) groups is 1. The van der Waals surface area contributed by atoms with Crippen molar-refractivity contribution in [2.45, 2.75) is 51.2 Å². The number of rotatable bonds is 3. The monoisotopic (exact) mass is 241 g/mol. The van der Waals surface area contributed by atoms with Gasteiger partial charge >= 0.3 is 5.97 Å². The van der Waals surface area contributed by atoms with E-state index in [4.69, 9.17) is 9.84 Å². The molecule has 1 saturated carbocycles. The Kier molecular flexibility index (Phi) is 4.40. The third-order valence-corrected chi connectivity index (χ3v) is 4.11. The second-order valence-corrected chi connectivity index (χ2v) is 5.41. The van der Waals surface area contributed by atoms with Crippen LogP contribution in [0.1, 0.15) is 39.0 Å². The Labute approximate surface area is 103 Å². The lowest BCUT2D eigenvalue weighted by molar-refractivity contribution is -0.143. The summed E-state index contributed by atoms with van der Waals surface area (Å²) in [4.78, 5) is 13.2. The Morgan fingerprint density at radius 2 is 2.18 bits per heavy atom. The van der Waals surface area contributed by atoms with Gasteiger partial charge in [-0.05, 0) is 18.8 Å². The van der Waals surface area contributed by atoms with E-state index in [-0.39, 0.29) is 12.5 Å². The van der Waals surface area contributed by atoms with Gasteiger partial charge in [-0.15, -0.1) is 0 Å². The van der Waals surface area contributed by atoms with Crippen LogP contribution in [0.3, 0.4) is 0 Å². The van der Waals surface area contributed by atoms with Crippen LogP contribution in [0.15, 0.2) is 0 Å². The Bertz CT molecular complexity index is 269. The van der Waals surface area contributed by atoms with Crippen molar-refractivity contribution in [2.24, 2.45) is 5.92 Å². The average Bonchev–Trinajstić information content (AvgIpc) is 2.29. The predicted octanol–water partition coefficient (Wildman–Crippen LogP) is 1.74. The minimum Gasteiger partial charge on any atom is -0.481 e. The molecule has 98 valence electrons. The number of carboxylic acid groups (broad SMARTS) is 1. The van der Waals surface area contributed by atoms with E-state index in [1.807, 2.05) is 0 Å². The van der Waals surface area contributed by atoms with Gasteiger partial charge in [0.05, 0.1) is 19.1 Å². The van der Waals surface area contributed by atoms with E-state index in [0.717, 1.165) is 19.0 Å². The third-order valence-electron chi connectivity index (χ3n) is 4.11. The Morgan fingerprint density at radius 3 is 2.88 bits per heavy atom. The SMILES string of the molecule is CC1CCCCC1N1CCOC(CC(=O)O)C1. The van der Waals surface area contributed by atoms with Crippen LogP contribution in [-0.2, 0) is 9.53 Å². The highest BCUT2D eigenvalue weighted by Crippen LogP contribution is 2.29. The van der Waals surface area contributed by atoms with Gasteiger partial charge in [-0.1, -0.05) is 19.8 Å². The maximum atomic E-state index is 10.7. The fourth-order valence-corrected chi connectivity index (χ4v) is 3.20. The lowest BCUT2D eigenvalue weighted by Crippen LogP contribution is -2.51. The van der Waals surface area contributed by atoms with E-state index in [0.29, 0.717) is 12.6 Å². The minimum absolute atomic E-state index is 0.115. The molecular formula is C13H23NO3. The van der Waals surface area contributed by atoms with E-state index in [1.165, 1.54) is 25.7 Å². The summed E-state index contributed by atoms with van der Waals surface area (Å²) in [6.07, 6.45) is 5.26. The summed E-state index contributed by atoms with van der Waals surface area (Å²) in [6.45, 7) is 4.76. The van der Waals surface area contributed by atoms with Crippen molar-refractivity contribution in [1.82, 2.24) is 4.90 Å². The van der Waals surface area contributed by atoms with E-state index in [1.54, 1.807) is 0 Å². The van der Waals surface area contributed by atoms with Crippen LogP contribution in [0, 0.1) is 5.92 Å². The Morgan fingerprint density at radius 1 is 1.41 bits per heavy atom. The number of hydrogen-bond acceptors (Lipinski definition) is 3. The lowest BCUT2D eigenvalue weighted by Gasteiger charge is -2.42. The summed E-state index contributed by atoms with van der Waals surface area (Å²) in [5, 5.41) is 8.82. The predicted molar refractivity (Wildman–Crippen MR) is 65.0 cm³/mol. The van der Waals surface area contributed by atoms with Gasteiger partial charge in [0.2, 0.25) is 0 Å². The third kappa shape index (κ3) is 3.42. The highest BCUT2D eigenvalue weighted by molar-refractivity contribution is 5.67. The van der Waals surface area contributed by atoms with Crippen LogP contribution in [0.5, 0.6) is 0 Å². The molecule has 1 heterocycles. The molecule has 4 heteroatoms. The molecule has 0 spiro atoms. The number of morpholine rings is 1. The molecule has 4 nitrogen and oxygen atoms in total. The van der Waals surface area contributed by atoms with Crippen molar-refractivity contribution in [2.75, 3.05) is 19.7 Å². The molecule has 1 N–H and O–H groups in total. The maximum Gasteiger partial charge on any atom is 0.306 e. The maximum absolute atomic E-state index is 10.7. The van der Waals surface area contributed by atoms with Crippen molar-refractivity contribution in [3.63, 3.8) is 0 Å². The zero-order chi connectivity index (χ0) is 12.3. The molecule has 17 heavy (non-hydrogen) atoms. The molecule has 0 bridgehead atoms. The molecule has 2 aliphatic rings. The zero-order valence-electron chi connectivity index (χ0n) is 10.6. The van der Waals surface area contributed by atoms with Gasteiger partial charge in [-0.25, -0.2) is 0 Å². The Balaban J connectivity index is 1.89. The standard InChI is InChI=1S/C13H23NO3/c1-10-4-2-3-5-12(10)14-6-7-17-11(9-14)8-13(15)16/h10-12H,2-9H2,1H3,(H,15,16). The summed E-state index contributed by atoms with van der Waals surface area (Å²) < 4.78 is 5.52. The summed E-state index contributed by atoms with van der Waals surface area (Å²) >= 11 is 0. The fraction of sp³-hybridized carbons (Fsp3) is 0.923. The van der Waals surface area contributed by atoms with Crippen LogP contribution >= 0.6 is 0 Å². The molecule has 0 aromatic heterocycles. The van der Waals surface area contributed by atoms with E-state index in [2.05, 4.69) is 11.8 Å². The molecule has 0 radical (unpaired) electrons. The molecular weight excluding hydrogens is 218 g/mol. The zero-order valence-corrected chi connectivity index (χ0v) is 10.6. The highest BCUT2D eigenvalue weighted by atomic mass is 16.5. The summed E-state index contributed by atoms with van der Waals surface area (Å²) in [6, 6.07) is 0.643. The molecule has 0 aromatic carbocycles. The molecule has 1 aliphatic carbocycles. The average molecular weight is 241 g/mol. The van der Waals surface area contributed by atoms with Crippen LogP contribution < -0.4 is 0 Å². The minimum atomic E-state index is -0.756. The molecule has 2 rings (SSSR count). The number of hydrogen-bond donors (Lipinski definition) is 1. The van der Waals surface area contributed by atoms with Gasteiger partial charge in [-0.3, -0.25) is 9.69 Å². The van der Waals surface area contributed by atoms with Gasteiger partial charge in [0.25, 0.3) is 0 Å². The molecule has 1 saturated heterocycles. The first-order valence-electron chi connectivity index (χ1n) is 6.74. The first kappa shape index (κ1) is 12.8. The second-order valence-electron chi connectivity index (χ2n) is 5.41. The topological polar surface area (TPSA) is 49.8 Å². The summed E-state index contributed by atoms with van der Waals surface area (Å²) in [7, 11) is 0. The molecule has 3 atom stereocenters. The molecule has 1 aliphatic heterocycles. The van der Waals surface area contributed by atoms with Crippen molar-refractivity contribution in [3.8, 4) is 0 Å². The van der Waals surface area contributed by atoms with Crippen molar-refractivity contribution >= 4 is 5.97 Å². The highest BCUT2D eigenvalue weighted by Gasteiger charge is 2.31. The van der Waals surface area contributed by atoms with Gasteiger partial charge in [-0.2, -0.15) is 0 Å². The number of nitrogens with zero attached hydrogens (tertiary/aromatic N) is 1. The van der Waals surface area contributed by atoms with Crippen molar-refractivity contribution < 1.29 is 14.6 Å². The quantitative estimate of drug-likeness (QED) is 0.817. The summed E-state index contributed by atoms with van der Waals surface area (Å²) in [5.74, 6) is -0.0131. The van der Waals surface area contributed by atoms with Crippen LogP contribution in [0.4, 0.5) is 0 Å². The molecule has 3 unspecified atom stereocenters. The van der Waals surface area contributed by atoms with E-state index >= 15 is 0 Å². The number of ether oxygens (including phenoxy) is 1. The second kappa shape index (κ2) is 5.83. The van der Waals surface area contributed by atoms with Gasteiger partial charge in [0.1, 0.15) is 0 Å². The molecule has 2 fully saturated rings. The summed E-state index contributed by atoms with van der Waals surface area (Å²) in [5.41, 5.74) is 0. The van der Waals surface area contributed by atoms with Crippen molar-refractivity contribution in [1.29, 1.82) is 0 Å². The largest absolute Gasteiger partial charge is 0.481 e. The lowest BCUT2D eigenvalue weighted by atomic mass is 9.84. The van der Waals surface area contributed by atoms with Gasteiger partial charge < -0.3 is 9.84 Å². The normalized spacial score (nSPS) is 35.7. The van der Waals surface area contributed by atoms with Crippen LogP contribution in [0.2, 0.25) is 0 Å². The smallest absolute Gasteiger partial charge is 0.306 e. The Hall–Kier alpha value is -0.610. The molecule has 0 amide bonds. The van der Waals surface area contributed by atoms with Crippen molar-refractivity contribution in [3.05, 3.63) is 0 Å². The molecule has 0 aromatic rings. The van der Waals surface area contributed by atoms with Gasteiger partial charge in [0, 0.05) is 19.1 Å². The number of aliphatic carboxylic acids is 1. The van der Waals surface area contributed by atoms with Crippen LogP contribution in [0.25, 0.3) is 0 Å². The first-order valence-corrected chi connectivity index (χ1v) is 6.74. The fourth-order valence-electron chi connectivity index (χ4n) is 3.20. The first-order chi connectivity index (χ1) is 8.16. The van der Waals surface area contributed by atoms with E-state index in [9.17, 15) is 4.79 Å². The van der Waals surface area contributed by atoms with E-state index < -0.39 is 5.97 Å². The van der Waals surface area contributed by atoms with Crippen LogP contribution in [-0.4, -0.2) is 47.8 Å². The number of carboxylic acids is 1.